The lowest BCUT2D eigenvalue weighted by Crippen LogP contribution is -2.23. The van der Waals surface area contributed by atoms with Gasteiger partial charge in [-0.05, 0) is 43.8 Å². The summed E-state index contributed by atoms with van der Waals surface area (Å²) in [5.41, 5.74) is 2.73. The van der Waals surface area contributed by atoms with Crippen LogP contribution in [-0.4, -0.2) is 29.6 Å². The molecule has 1 heterocycles. The minimum atomic E-state index is 0.962. The van der Waals surface area contributed by atoms with Gasteiger partial charge in [0.1, 0.15) is 0 Å². The number of aromatic nitrogens is 1. The van der Waals surface area contributed by atoms with Crippen LogP contribution in [0.5, 0.6) is 0 Å². The van der Waals surface area contributed by atoms with Crippen molar-refractivity contribution in [3.63, 3.8) is 0 Å². The number of benzene rings is 1. The quantitative estimate of drug-likeness (QED) is 0.745. The lowest BCUT2D eigenvalue weighted by Gasteiger charge is -2.16. The highest BCUT2D eigenvalue weighted by molar-refractivity contribution is 5.14. The summed E-state index contributed by atoms with van der Waals surface area (Å²) >= 11 is 0. The van der Waals surface area contributed by atoms with Gasteiger partial charge in [0.25, 0.3) is 0 Å². The predicted octanol–water partition coefficient (Wildman–Crippen LogP) is 2.64. The van der Waals surface area contributed by atoms with Gasteiger partial charge < -0.3 is 14.8 Å². The molecule has 0 aliphatic heterocycles. The summed E-state index contributed by atoms with van der Waals surface area (Å²) < 4.78 is 2.09. The zero-order valence-corrected chi connectivity index (χ0v) is 12.5. The molecular weight excluding hydrogens is 246 g/mol. The third kappa shape index (κ3) is 5.19. The molecular formula is C17H25N3. The molecule has 0 saturated heterocycles. The lowest BCUT2D eigenvalue weighted by molar-refractivity contribution is 0.319. The van der Waals surface area contributed by atoms with Gasteiger partial charge in [0.15, 0.2) is 0 Å². The Hall–Kier alpha value is -1.58. The molecule has 3 nitrogen and oxygen atoms in total. The summed E-state index contributed by atoms with van der Waals surface area (Å²) in [5.74, 6) is 0. The topological polar surface area (TPSA) is 20.2 Å². The van der Waals surface area contributed by atoms with Crippen LogP contribution >= 0.6 is 0 Å². The van der Waals surface area contributed by atoms with E-state index < -0.39 is 0 Å². The van der Waals surface area contributed by atoms with Crippen LogP contribution in [0.25, 0.3) is 0 Å². The molecule has 20 heavy (non-hydrogen) atoms. The van der Waals surface area contributed by atoms with Crippen LogP contribution in [0.1, 0.15) is 17.5 Å². The Kier molecular flexibility index (Phi) is 5.84. The Balaban J connectivity index is 1.56. The Morgan fingerprint density at radius 3 is 2.60 bits per heavy atom. The smallest absolute Gasteiger partial charge is 0.0230 e. The first kappa shape index (κ1) is 14.8. The van der Waals surface area contributed by atoms with Crippen LogP contribution in [-0.2, 0) is 20.1 Å². The Morgan fingerprint density at radius 2 is 1.90 bits per heavy atom. The Labute approximate surface area is 122 Å². The second-order valence-corrected chi connectivity index (χ2v) is 5.44. The second kappa shape index (κ2) is 7.88. The van der Waals surface area contributed by atoms with Crippen LogP contribution in [0.3, 0.4) is 0 Å². The molecule has 1 N–H and O–H groups in total. The highest BCUT2D eigenvalue weighted by Crippen LogP contribution is 2.03. The average molecular weight is 271 g/mol. The fourth-order valence-corrected chi connectivity index (χ4v) is 2.35. The van der Waals surface area contributed by atoms with Crippen LogP contribution in [0, 0.1) is 0 Å². The second-order valence-electron chi connectivity index (χ2n) is 5.44. The SMILES string of the molecule is CN(CCCNCc1ccn(C)c1)Cc1ccccc1. The molecule has 0 spiro atoms. The van der Waals surface area contributed by atoms with Crippen molar-refractivity contribution in [3.8, 4) is 0 Å². The number of hydrogen-bond donors (Lipinski definition) is 1. The van der Waals surface area contributed by atoms with Gasteiger partial charge in [-0.2, -0.15) is 0 Å². The molecule has 0 saturated carbocycles. The highest BCUT2D eigenvalue weighted by Gasteiger charge is 2.00. The fourth-order valence-electron chi connectivity index (χ4n) is 2.35. The minimum Gasteiger partial charge on any atom is -0.357 e. The van der Waals surface area contributed by atoms with E-state index in [-0.39, 0.29) is 0 Å². The van der Waals surface area contributed by atoms with E-state index in [0.29, 0.717) is 0 Å². The monoisotopic (exact) mass is 271 g/mol. The first-order chi connectivity index (χ1) is 9.74. The summed E-state index contributed by atoms with van der Waals surface area (Å²) in [6.45, 7) is 4.17. The minimum absolute atomic E-state index is 0.962. The van der Waals surface area contributed by atoms with E-state index in [4.69, 9.17) is 0 Å². The molecule has 2 rings (SSSR count). The molecule has 2 aromatic rings. The summed E-state index contributed by atoms with van der Waals surface area (Å²) in [6, 6.07) is 12.8. The largest absolute Gasteiger partial charge is 0.357 e. The van der Waals surface area contributed by atoms with E-state index in [1.807, 2.05) is 0 Å². The van der Waals surface area contributed by atoms with Gasteiger partial charge in [0.2, 0.25) is 0 Å². The van der Waals surface area contributed by atoms with Crippen molar-refractivity contribution in [1.29, 1.82) is 0 Å². The van der Waals surface area contributed by atoms with Gasteiger partial charge in [-0.1, -0.05) is 30.3 Å². The van der Waals surface area contributed by atoms with Gasteiger partial charge >= 0.3 is 0 Å². The third-order valence-corrected chi connectivity index (χ3v) is 3.41. The van der Waals surface area contributed by atoms with Gasteiger partial charge in [-0.25, -0.2) is 0 Å². The lowest BCUT2D eigenvalue weighted by atomic mass is 10.2. The molecule has 1 aromatic heterocycles. The number of nitrogens with one attached hydrogen (secondary N) is 1. The van der Waals surface area contributed by atoms with Gasteiger partial charge in [0.05, 0.1) is 0 Å². The zero-order valence-electron chi connectivity index (χ0n) is 12.5. The molecule has 0 amide bonds. The highest BCUT2D eigenvalue weighted by atomic mass is 15.1. The van der Waals surface area contributed by atoms with Crippen LogP contribution in [0.15, 0.2) is 48.8 Å². The standard InChI is InChI=1S/C17H25N3/c1-19(14-16-7-4-3-5-8-16)11-6-10-18-13-17-9-12-20(2)15-17/h3-5,7-9,12,15,18H,6,10-11,13-14H2,1-2H3. The summed E-state index contributed by atoms with van der Waals surface area (Å²) in [6.07, 6.45) is 5.43. The van der Waals surface area contributed by atoms with E-state index in [1.54, 1.807) is 0 Å². The van der Waals surface area contributed by atoms with Crippen LogP contribution in [0.2, 0.25) is 0 Å². The Morgan fingerprint density at radius 1 is 1.10 bits per heavy atom. The van der Waals surface area contributed by atoms with Crippen molar-refractivity contribution < 1.29 is 0 Å². The van der Waals surface area contributed by atoms with Crippen molar-refractivity contribution in [2.24, 2.45) is 7.05 Å². The molecule has 0 aliphatic rings. The number of rotatable bonds is 8. The molecule has 0 fully saturated rings. The maximum Gasteiger partial charge on any atom is 0.0230 e. The summed E-state index contributed by atoms with van der Waals surface area (Å²) in [5, 5.41) is 3.49. The zero-order chi connectivity index (χ0) is 14.2. The molecule has 0 atom stereocenters. The van der Waals surface area contributed by atoms with Gasteiger partial charge in [-0.15, -0.1) is 0 Å². The summed E-state index contributed by atoms with van der Waals surface area (Å²) in [7, 11) is 4.24. The van der Waals surface area contributed by atoms with Crippen molar-refractivity contribution in [2.45, 2.75) is 19.5 Å². The van der Waals surface area contributed by atoms with E-state index in [1.165, 1.54) is 17.5 Å². The molecule has 0 bridgehead atoms. The molecule has 3 heteroatoms. The van der Waals surface area contributed by atoms with E-state index in [2.05, 4.69) is 77.7 Å². The number of hydrogen-bond acceptors (Lipinski definition) is 2. The first-order valence-corrected chi connectivity index (χ1v) is 7.28. The van der Waals surface area contributed by atoms with E-state index >= 15 is 0 Å². The van der Waals surface area contributed by atoms with Crippen molar-refractivity contribution in [2.75, 3.05) is 20.1 Å². The van der Waals surface area contributed by atoms with Crippen molar-refractivity contribution in [3.05, 3.63) is 59.9 Å². The molecule has 108 valence electrons. The molecule has 0 aliphatic carbocycles. The molecule has 0 unspecified atom stereocenters. The third-order valence-electron chi connectivity index (χ3n) is 3.41. The number of nitrogens with zero attached hydrogens (tertiary/aromatic N) is 2. The van der Waals surface area contributed by atoms with Gasteiger partial charge in [-0.3, -0.25) is 0 Å². The van der Waals surface area contributed by atoms with Crippen LogP contribution in [0.4, 0.5) is 0 Å². The maximum absolute atomic E-state index is 3.49. The van der Waals surface area contributed by atoms with Gasteiger partial charge in [0, 0.05) is 32.5 Å². The van der Waals surface area contributed by atoms with Crippen molar-refractivity contribution >= 4 is 0 Å². The van der Waals surface area contributed by atoms with Crippen molar-refractivity contribution in [1.82, 2.24) is 14.8 Å². The Bertz CT molecular complexity index is 490. The fraction of sp³-hybridized carbons (Fsp3) is 0.412. The van der Waals surface area contributed by atoms with E-state index in [0.717, 1.165) is 26.2 Å². The van der Waals surface area contributed by atoms with Crippen LogP contribution < -0.4 is 5.32 Å². The predicted molar refractivity (Wildman–Crippen MR) is 84.5 cm³/mol. The average Bonchev–Trinajstić information content (AvgIpc) is 2.85. The number of aryl methyl sites for hydroxylation is 1. The normalized spacial score (nSPS) is 11.2. The molecule has 0 radical (unpaired) electrons. The molecule has 1 aromatic carbocycles. The maximum atomic E-state index is 3.49. The van der Waals surface area contributed by atoms with E-state index in [9.17, 15) is 0 Å². The first-order valence-electron chi connectivity index (χ1n) is 7.28. The summed E-state index contributed by atoms with van der Waals surface area (Å²) in [4.78, 5) is 2.37.